The summed E-state index contributed by atoms with van der Waals surface area (Å²) in [4.78, 5) is 80.1. The number of carbonyl (C=O) groups is 4. The lowest BCUT2D eigenvalue weighted by Gasteiger charge is -2.44. The Morgan fingerprint density at radius 2 is 1.25 bits per heavy atom. The van der Waals surface area contributed by atoms with Crippen LogP contribution in [0.5, 0.6) is 11.5 Å². The van der Waals surface area contributed by atoms with Crippen LogP contribution in [0.15, 0.2) is 109 Å². The minimum atomic E-state index is -0.989. The van der Waals surface area contributed by atoms with Crippen LogP contribution < -0.4 is 14.5 Å². The minimum Gasteiger partial charge on any atom is -0.508 e. The zero-order chi connectivity index (χ0) is 37.1. The highest BCUT2D eigenvalue weighted by Crippen LogP contribution is 2.59. The SMILES string of the molecule is O=C1C2CC=C3C(CC4C(=O)N(c5ccc([N+](=O)[O-])cc5)C(=O)C4C3c3ccc(OCc4ccccc4)cc3O)C2C(=O)N1c1ccc([N+](=O)[O-])cc1. The first kappa shape index (κ1) is 33.4. The second kappa shape index (κ2) is 12.8. The lowest BCUT2D eigenvalue weighted by atomic mass is 9.57. The van der Waals surface area contributed by atoms with Crippen LogP contribution in [0.2, 0.25) is 0 Å². The number of fused-ring (bicyclic) bond motifs is 4. The highest BCUT2D eigenvalue weighted by Gasteiger charge is 2.62. The number of hydrogen-bond acceptors (Lipinski definition) is 10. The van der Waals surface area contributed by atoms with Gasteiger partial charge in [0.15, 0.2) is 0 Å². The van der Waals surface area contributed by atoms with Crippen LogP contribution in [0.1, 0.15) is 29.9 Å². The van der Waals surface area contributed by atoms with Gasteiger partial charge in [0.1, 0.15) is 18.1 Å². The zero-order valence-electron chi connectivity index (χ0n) is 27.8. The summed E-state index contributed by atoms with van der Waals surface area (Å²) in [5, 5.41) is 34.1. The van der Waals surface area contributed by atoms with Crippen molar-refractivity contribution < 1.29 is 38.9 Å². The number of aromatic hydroxyl groups is 1. The van der Waals surface area contributed by atoms with Crippen LogP contribution in [0.4, 0.5) is 22.7 Å². The summed E-state index contributed by atoms with van der Waals surface area (Å²) >= 11 is 0. The fourth-order valence-electron chi connectivity index (χ4n) is 8.51. The number of allylic oxidation sites excluding steroid dienone is 2. The molecule has 6 atom stereocenters. The fourth-order valence-corrected chi connectivity index (χ4v) is 8.51. The Morgan fingerprint density at radius 3 is 1.81 bits per heavy atom. The normalized spacial score (nSPS) is 24.7. The molecule has 6 unspecified atom stereocenters. The van der Waals surface area contributed by atoms with Crippen LogP contribution >= 0.6 is 0 Å². The Hall–Kier alpha value is -6.70. The number of anilines is 2. The number of nitro benzene ring substituents is 2. The highest BCUT2D eigenvalue weighted by molar-refractivity contribution is 6.24. The average molecular weight is 715 g/mol. The summed E-state index contributed by atoms with van der Waals surface area (Å²) in [6.07, 6.45) is 2.06. The van der Waals surface area contributed by atoms with Crippen molar-refractivity contribution in [1.29, 1.82) is 0 Å². The summed E-state index contributed by atoms with van der Waals surface area (Å²) in [6.45, 7) is 0.239. The molecular formula is C39H30N4O10. The van der Waals surface area contributed by atoms with Gasteiger partial charge in [0.05, 0.1) is 44.9 Å². The van der Waals surface area contributed by atoms with Gasteiger partial charge in [0.2, 0.25) is 23.6 Å². The van der Waals surface area contributed by atoms with E-state index in [1.54, 1.807) is 12.1 Å². The number of phenols is 1. The summed E-state index contributed by atoms with van der Waals surface area (Å²) < 4.78 is 5.93. The van der Waals surface area contributed by atoms with Crippen molar-refractivity contribution >= 4 is 46.4 Å². The Labute approximate surface area is 301 Å². The molecule has 14 heteroatoms. The average Bonchev–Trinajstić information content (AvgIpc) is 3.57. The number of imide groups is 2. The largest absolute Gasteiger partial charge is 0.508 e. The third kappa shape index (κ3) is 5.50. The Bertz CT molecular complexity index is 2240. The first-order valence-corrected chi connectivity index (χ1v) is 17.0. The molecule has 8 rings (SSSR count). The summed E-state index contributed by atoms with van der Waals surface area (Å²) in [5.74, 6) is -7.03. The second-order valence-electron chi connectivity index (χ2n) is 13.6. The van der Waals surface area contributed by atoms with Gasteiger partial charge in [-0.1, -0.05) is 48.0 Å². The number of non-ortho nitro benzene ring substituents is 2. The van der Waals surface area contributed by atoms with Gasteiger partial charge in [-0.15, -0.1) is 0 Å². The van der Waals surface area contributed by atoms with Gasteiger partial charge in [-0.2, -0.15) is 0 Å². The van der Waals surface area contributed by atoms with E-state index in [0.29, 0.717) is 16.9 Å². The van der Waals surface area contributed by atoms with Crippen molar-refractivity contribution in [2.24, 2.45) is 29.6 Å². The van der Waals surface area contributed by atoms with Crippen LogP contribution in [0.3, 0.4) is 0 Å². The Balaban J connectivity index is 1.18. The van der Waals surface area contributed by atoms with Gasteiger partial charge in [-0.05, 0) is 54.7 Å². The quantitative estimate of drug-likeness (QED) is 0.101. The van der Waals surface area contributed by atoms with Crippen LogP contribution in [0, 0.1) is 49.8 Å². The number of hydrogen-bond donors (Lipinski definition) is 1. The molecule has 0 spiro atoms. The standard InChI is InChI=1S/C39H30N4O10/c44-32-18-26(53-20-21-4-2-1-3-5-21)14-15-28(32)33-27-16-17-29-34(38(47)40(36(29)45)22-6-10-24(11-7-22)42(49)50)30(27)19-31-35(33)39(48)41(37(31)46)23-8-12-25(13-9-23)43(51)52/h1-16,18,29-31,33-35,44H,17,19-20H2. The van der Waals surface area contributed by atoms with E-state index in [-0.39, 0.29) is 47.9 Å². The van der Waals surface area contributed by atoms with Crippen molar-refractivity contribution in [3.05, 3.63) is 140 Å². The molecule has 0 aromatic heterocycles. The predicted octanol–water partition coefficient (Wildman–Crippen LogP) is 5.83. The molecule has 1 N–H and O–H groups in total. The first-order valence-electron chi connectivity index (χ1n) is 17.0. The number of rotatable bonds is 8. The molecule has 4 amide bonds. The number of phenolic OH excluding ortho intramolecular Hbond substituents is 1. The molecular weight excluding hydrogens is 684 g/mol. The third-order valence-corrected chi connectivity index (χ3v) is 10.9. The lowest BCUT2D eigenvalue weighted by Crippen LogP contribution is -2.43. The molecule has 3 fully saturated rings. The van der Waals surface area contributed by atoms with Crippen molar-refractivity contribution in [3.63, 3.8) is 0 Å². The monoisotopic (exact) mass is 714 g/mol. The van der Waals surface area contributed by atoms with E-state index in [1.807, 2.05) is 36.4 Å². The lowest BCUT2D eigenvalue weighted by molar-refractivity contribution is -0.385. The number of nitro groups is 2. The third-order valence-electron chi connectivity index (χ3n) is 10.9. The summed E-state index contributed by atoms with van der Waals surface area (Å²) in [5.41, 5.74) is 1.83. The maximum absolute atomic E-state index is 14.4. The number of benzene rings is 4. The van der Waals surface area contributed by atoms with E-state index in [9.17, 15) is 44.5 Å². The molecule has 0 radical (unpaired) electrons. The maximum atomic E-state index is 14.4. The van der Waals surface area contributed by atoms with E-state index in [1.165, 1.54) is 54.6 Å². The number of nitrogens with zero attached hydrogens (tertiary/aromatic N) is 4. The van der Waals surface area contributed by atoms with Gasteiger partial charge in [0, 0.05) is 41.8 Å². The minimum absolute atomic E-state index is 0.0639. The highest BCUT2D eigenvalue weighted by atomic mass is 16.6. The van der Waals surface area contributed by atoms with E-state index >= 15 is 0 Å². The molecule has 2 aliphatic carbocycles. The number of amides is 4. The zero-order valence-corrected chi connectivity index (χ0v) is 27.8. The molecule has 0 bridgehead atoms. The molecule has 4 aromatic rings. The van der Waals surface area contributed by atoms with Crippen molar-refractivity contribution in [2.45, 2.75) is 25.4 Å². The smallest absolute Gasteiger partial charge is 0.269 e. The second-order valence-corrected chi connectivity index (χ2v) is 13.6. The van der Waals surface area contributed by atoms with Crippen molar-refractivity contribution in [3.8, 4) is 11.5 Å². The van der Waals surface area contributed by atoms with Gasteiger partial charge < -0.3 is 9.84 Å². The molecule has 4 aliphatic rings. The van der Waals surface area contributed by atoms with Crippen LogP contribution in [-0.4, -0.2) is 38.6 Å². The van der Waals surface area contributed by atoms with Crippen LogP contribution in [-0.2, 0) is 25.8 Å². The Kier molecular flexibility index (Phi) is 8.08. The molecule has 14 nitrogen and oxygen atoms in total. The van der Waals surface area contributed by atoms with E-state index in [0.717, 1.165) is 15.4 Å². The van der Waals surface area contributed by atoms with Gasteiger partial charge in [-0.25, -0.2) is 0 Å². The van der Waals surface area contributed by atoms with Crippen molar-refractivity contribution in [2.75, 3.05) is 9.80 Å². The molecule has 2 aliphatic heterocycles. The molecule has 2 saturated heterocycles. The van der Waals surface area contributed by atoms with Gasteiger partial charge in [-0.3, -0.25) is 49.2 Å². The van der Waals surface area contributed by atoms with E-state index in [4.69, 9.17) is 4.74 Å². The van der Waals surface area contributed by atoms with Gasteiger partial charge >= 0.3 is 0 Å². The summed E-state index contributed by atoms with van der Waals surface area (Å²) in [7, 11) is 0. The van der Waals surface area contributed by atoms with E-state index < -0.39 is 69.0 Å². The van der Waals surface area contributed by atoms with Gasteiger partial charge in [0.25, 0.3) is 11.4 Å². The summed E-state index contributed by atoms with van der Waals surface area (Å²) in [6, 6.07) is 24.4. The topological polar surface area (TPSA) is 190 Å². The molecule has 266 valence electrons. The molecule has 1 saturated carbocycles. The fraction of sp³-hybridized carbons (Fsp3) is 0.231. The first-order chi connectivity index (χ1) is 25.5. The Morgan fingerprint density at radius 1 is 0.679 bits per heavy atom. The predicted molar refractivity (Wildman–Crippen MR) is 188 cm³/mol. The van der Waals surface area contributed by atoms with Crippen LogP contribution in [0.25, 0.3) is 0 Å². The van der Waals surface area contributed by atoms with Crippen molar-refractivity contribution in [1.82, 2.24) is 0 Å². The molecule has 2 heterocycles. The molecule has 53 heavy (non-hydrogen) atoms. The maximum Gasteiger partial charge on any atom is 0.269 e. The van der Waals surface area contributed by atoms with E-state index in [2.05, 4.69) is 0 Å². The number of carbonyl (C=O) groups excluding carboxylic acids is 4. The number of ether oxygens (including phenoxy) is 1. The molecule has 4 aromatic carbocycles.